The Labute approximate surface area is 102 Å². The van der Waals surface area contributed by atoms with Crippen LogP contribution in [0.5, 0.6) is 0 Å². The van der Waals surface area contributed by atoms with Crippen molar-refractivity contribution < 1.29 is 9.90 Å². The molecule has 2 rings (SSSR count). The minimum atomic E-state index is -0.786. The zero-order valence-electron chi connectivity index (χ0n) is 9.98. The van der Waals surface area contributed by atoms with Crippen molar-refractivity contribution in [1.82, 2.24) is 5.32 Å². The fourth-order valence-corrected chi connectivity index (χ4v) is 2.72. The fourth-order valence-electron chi connectivity index (χ4n) is 2.72. The van der Waals surface area contributed by atoms with Gasteiger partial charge in [-0.05, 0) is 18.4 Å². The molecular weight excluding hydrogens is 214 g/mol. The van der Waals surface area contributed by atoms with Gasteiger partial charge in [-0.3, -0.25) is 10.1 Å². The Morgan fingerprint density at radius 2 is 1.82 bits per heavy atom. The highest BCUT2D eigenvalue weighted by molar-refractivity contribution is 5.69. The number of carboxylic acids is 1. The van der Waals surface area contributed by atoms with Crippen molar-refractivity contribution >= 4 is 5.97 Å². The second kappa shape index (κ2) is 5.32. The average molecular weight is 233 g/mol. The van der Waals surface area contributed by atoms with Crippen LogP contribution in [0.25, 0.3) is 0 Å². The van der Waals surface area contributed by atoms with Gasteiger partial charge in [0.1, 0.15) is 0 Å². The second-order valence-corrected chi connectivity index (χ2v) is 4.76. The van der Waals surface area contributed by atoms with Crippen LogP contribution in [0.1, 0.15) is 37.7 Å². The normalized spacial score (nSPS) is 18.8. The highest BCUT2D eigenvalue weighted by Gasteiger charge is 2.33. The van der Waals surface area contributed by atoms with E-state index in [0.29, 0.717) is 0 Å². The van der Waals surface area contributed by atoms with Crippen molar-refractivity contribution in [1.29, 1.82) is 0 Å². The summed E-state index contributed by atoms with van der Waals surface area (Å²) in [5.74, 6) is -0.786. The third-order valence-corrected chi connectivity index (χ3v) is 3.61. The van der Waals surface area contributed by atoms with Gasteiger partial charge < -0.3 is 5.11 Å². The molecule has 0 aromatic heterocycles. The van der Waals surface area contributed by atoms with E-state index in [2.05, 4.69) is 17.4 Å². The number of aliphatic carboxylic acids is 1. The van der Waals surface area contributed by atoms with Crippen LogP contribution in [0.4, 0.5) is 0 Å². The molecule has 1 aliphatic rings. The van der Waals surface area contributed by atoms with Gasteiger partial charge >= 0.3 is 5.97 Å². The molecular formula is C14H19NO2. The number of nitrogens with one attached hydrogen (secondary N) is 1. The first-order chi connectivity index (χ1) is 8.23. The highest BCUT2D eigenvalue weighted by Crippen LogP contribution is 2.36. The molecule has 1 aliphatic carbocycles. The summed E-state index contributed by atoms with van der Waals surface area (Å²) in [5.41, 5.74) is 1.10. The lowest BCUT2D eigenvalue weighted by Crippen LogP contribution is -2.46. The zero-order valence-corrected chi connectivity index (χ0v) is 9.98. The van der Waals surface area contributed by atoms with Crippen LogP contribution in [0.15, 0.2) is 30.3 Å². The molecule has 0 spiro atoms. The van der Waals surface area contributed by atoms with Gasteiger partial charge in [0.25, 0.3) is 0 Å². The summed E-state index contributed by atoms with van der Waals surface area (Å²) in [4.78, 5) is 10.8. The van der Waals surface area contributed by atoms with Crippen LogP contribution < -0.4 is 5.32 Å². The predicted octanol–water partition coefficient (Wildman–Crippen LogP) is 2.52. The van der Waals surface area contributed by atoms with Gasteiger partial charge in [0, 0.05) is 5.54 Å². The molecule has 0 radical (unpaired) electrons. The molecule has 2 N–H and O–H groups in total. The zero-order chi connectivity index (χ0) is 12.1. The van der Waals surface area contributed by atoms with Gasteiger partial charge in [-0.25, -0.2) is 0 Å². The van der Waals surface area contributed by atoms with Crippen LogP contribution >= 0.6 is 0 Å². The van der Waals surface area contributed by atoms with E-state index in [1.165, 1.54) is 24.8 Å². The predicted molar refractivity (Wildman–Crippen MR) is 66.8 cm³/mol. The first kappa shape index (κ1) is 12.1. The lowest BCUT2D eigenvalue weighted by atomic mass is 9.76. The van der Waals surface area contributed by atoms with Crippen molar-refractivity contribution in [2.24, 2.45) is 0 Å². The van der Waals surface area contributed by atoms with Crippen LogP contribution in [0.3, 0.4) is 0 Å². The van der Waals surface area contributed by atoms with Crippen molar-refractivity contribution in [3.63, 3.8) is 0 Å². The Bertz CT molecular complexity index is 369. The summed E-state index contributed by atoms with van der Waals surface area (Å²) < 4.78 is 0. The highest BCUT2D eigenvalue weighted by atomic mass is 16.4. The van der Waals surface area contributed by atoms with E-state index in [9.17, 15) is 4.79 Å². The SMILES string of the molecule is O=C(O)CNC1(c2ccccc2)CCCCC1. The van der Waals surface area contributed by atoms with Gasteiger partial charge in [-0.15, -0.1) is 0 Å². The molecule has 0 heterocycles. The summed E-state index contributed by atoms with van der Waals surface area (Å²) in [6.07, 6.45) is 5.65. The largest absolute Gasteiger partial charge is 0.480 e. The van der Waals surface area contributed by atoms with Crippen molar-refractivity contribution in [3.05, 3.63) is 35.9 Å². The summed E-state index contributed by atoms with van der Waals surface area (Å²) in [6.45, 7) is 0.0366. The summed E-state index contributed by atoms with van der Waals surface area (Å²) in [7, 11) is 0. The molecule has 1 saturated carbocycles. The van der Waals surface area contributed by atoms with Gasteiger partial charge in [-0.1, -0.05) is 49.6 Å². The Kier molecular flexibility index (Phi) is 3.79. The molecule has 0 bridgehead atoms. The van der Waals surface area contributed by atoms with Gasteiger partial charge in [0.05, 0.1) is 6.54 Å². The van der Waals surface area contributed by atoms with Crippen LogP contribution in [0, 0.1) is 0 Å². The fraction of sp³-hybridized carbons (Fsp3) is 0.500. The summed E-state index contributed by atoms with van der Waals surface area (Å²) >= 11 is 0. The average Bonchev–Trinajstić information content (AvgIpc) is 2.39. The first-order valence-electron chi connectivity index (χ1n) is 6.25. The van der Waals surface area contributed by atoms with Crippen molar-refractivity contribution in [2.75, 3.05) is 6.54 Å². The Balaban J connectivity index is 2.20. The smallest absolute Gasteiger partial charge is 0.317 e. The molecule has 1 fully saturated rings. The topological polar surface area (TPSA) is 49.3 Å². The molecule has 0 amide bonds. The van der Waals surface area contributed by atoms with Crippen LogP contribution in [-0.4, -0.2) is 17.6 Å². The van der Waals surface area contributed by atoms with E-state index in [1.54, 1.807) is 0 Å². The van der Waals surface area contributed by atoms with E-state index in [-0.39, 0.29) is 12.1 Å². The minimum Gasteiger partial charge on any atom is -0.480 e. The molecule has 0 saturated heterocycles. The molecule has 0 aliphatic heterocycles. The maximum Gasteiger partial charge on any atom is 0.317 e. The van der Waals surface area contributed by atoms with Gasteiger partial charge in [0.2, 0.25) is 0 Å². The molecule has 1 aromatic carbocycles. The third-order valence-electron chi connectivity index (χ3n) is 3.61. The summed E-state index contributed by atoms with van der Waals surface area (Å²) in [6, 6.07) is 10.2. The van der Waals surface area contributed by atoms with Crippen molar-refractivity contribution in [2.45, 2.75) is 37.6 Å². The van der Waals surface area contributed by atoms with E-state index in [0.717, 1.165) is 12.8 Å². The number of hydrogen-bond acceptors (Lipinski definition) is 2. The van der Waals surface area contributed by atoms with E-state index < -0.39 is 5.97 Å². The second-order valence-electron chi connectivity index (χ2n) is 4.76. The Morgan fingerprint density at radius 3 is 2.41 bits per heavy atom. The van der Waals surface area contributed by atoms with Gasteiger partial charge in [-0.2, -0.15) is 0 Å². The quantitative estimate of drug-likeness (QED) is 0.840. The summed E-state index contributed by atoms with van der Waals surface area (Å²) in [5, 5.41) is 12.1. The lowest BCUT2D eigenvalue weighted by molar-refractivity contribution is -0.136. The Morgan fingerprint density at radius 1 is 1.18 bits per heavy atom. The number of rotatable bonds is 4. The molecule has 0 unspecified atom stereocenters. The number of hydrogen-bond donors (Lipinski definition) is 2. The molecule has 17 heavy (non-hydrogen) atoms. The van der Waals surface area contributed by atoms with E-state index >= 15 is 0 Å². The Hall–Kier alpha value is -1.35. The number of carboxylic acid groups (broad SMARTS) is 1. The van der Waals surface area contributed by atoms with E-state index in [4.69, 9.17) is 5.11 Å². The maximum atomic E-state index is 10.8. The third kappa shape index (κ3) is 2.86. The molecule has 3 heteroatoms. The lowest BCUT2D eigenvalue weighted by Gasteiger charge is -2.38. The number of benzene rings is 1. The molecule has 1 aromatic rings. The minimum absolute atomic E-state index is 0.0366. The van der Waals surface area contributed by atoms with E-state index in [1.807, 2.05) is 18.2 Å². The molecule has 92 valence electrons. The standard InChI is InChI=1S/C14H19NO2/c16-13(17)11-15-14(9-5-2-6-10-14)12-7-3-1-4-8-12/h1,3-4,7-8,15H,2,5-6,9-11H2,(H,16,17). The monoisotopic (exact) mass is 233 g/mol. The number of carbonyl (C=O) groups is 1. The maximum absolute atomic E-state index is 10.8. The molecule has 3 nitrogen and oxygen atoms in total. The van der Waals surface area contributed by atoms with Crippen LogP contribution in [0.2, 0.25) is 0 Å². The molecule has 0 atom stereocenters. The van der Waals surface area contributed by atoms with Crippen LogP contribution in [-0.2, 0) is 10.3 Å². The van der Waals surface area contributed by atoms with Gasteiger partial charge in [0.15, 0.2) is 0 Å². The first-order valence-corrected chi connectivity index (χ1v) is 6.25. The van der Waals surface area contributed by atoms with Crippen molar-refractivity contribution in [3.8, 4) is 0 Å².